The number of pyridine rings is 1. The molecule has 2 aromatic heterocycles. The van der Waals surface area contributed by atoms with Gasteiger partial charge >= 0.3 is 0 Å². The third-order valence-electron chi connectivity index (χ3n) is 4.85. The number of carbonyl (C=O) groups is 1. The van der Waals surface area contributed by atoms with Crippen molar-refractivity contribution >= 4 is 22.6 Å². The third-order valence-corrected chi connectivity index (χ3v) is 4.85. The number of nitrogens with zero attached hydrogens (tertiary/aromatic N) is 3. The fourth-order valence-corrected chi connectivity index (χ4v) is 3.33. The van der Waals surface area contributed by atoms with Crippen molar-refractivity contribution in [3.05, 3.63) is 64.3 Å². The van der Waals surface area contributed by atoms with Crippen LogP contribution in [0.4, 0.5) is 5.82 Å². The van der Waals surface area contributed by atoms with Crippen molar-refractivity contribution in [1.82, 2.24) is 14.5 Å². The van der Waals surface area contributed by atoms with Crippen molar-refractivity contribution in [1.29, 1.82) is 0 Å². The van der Waals surface area contributed by atoms with Crippen LogP contribution in [0.2, 0.25) is 0 Å². The topological polar surface area (TPSA) is 76.9 Å². The fraction of sp³-hybridized carbons (Fsp3) is 0.300. The first-order valence-electron chi connectivity index (χ1n) is 8.69. The number of hydrogen-bond donors (Lipinski definition) is 1. The molecule has 0 fully saturated rings. The number of carbonyl (C=O) groups excluding carboxylic acids is 1. The Bertz CT molecular complexity index is 1050. The zero-order valence-electron chi connectivity index (χ0n) is 14.8. The van der Waals surface area contributed by atoms with E-state index in [4.69, 9.17) is 0 Å². The van der Waals surface area contributed by atoms with Gasteiger partial charge in [0.2, 0.25) is 0 Å². The summed E-state index contributed by atoms with van der Waals surface area (Å²) in [5.74, 6) is 1.00. The van der Waals surface area contributed by atoms with E-state index in [-0.39, 0.29) is 16.9 Å². The number of benzene rings is 1. The Morgan fingerprint density at radius 3 is 2.85 bits per heavy atom. The van der Waals surface area contributed by atoms with Crippen molar-refractivity contribution in [2.75, 3.05) is 5.32 Å². The van der Waals surface area contributed by atoms with Crippen LogP contribution in [0.25, 0.3) is 10.9 Å². The summed E-state index contributed by atoms with van der Waals surface area (Å²) in [7, 11) is 0. The molecule has 1 aromatic carbocycles. The van der Waals surface area contributed by atoms with E-state index in [1.165, 1.54) is 0 Å². The smallest absolute Gasteiger partial charge is 0.261 e. The highest BCUT2D eigenvalue weighted by atomic mass is 16.1. The summed E-state index contributed by atoms with van der Waals surface area (Å²) in [5.41, 5.74) is 1.11. The van der Waals surface area contributed by atoms with E-state index in [0.29, 0.717) is 28.8 Å². The maximum absolute atomic E-state index is 12.8. The number of anilines is 1. The summed E-state index contributed by atoms with van der Waals surface area (Å²) in [5, 5.41) is 3.30. The van der Waals surface area contributed by atoms with Crippen molar-refractivity contribution < 1.29 is 4.79 Å². The summed E-state index contributed by atoms with van der Waals surface area (Å²) in [4.78, 5) is 34.0. The first-order valence-corrected chi connectivity index (χ1v) is 8.69. The summed E-state index contributed by atoms with van der Waals surface area (Å²) < 4.78 is 1.77. The maximum Gasteiger partial charge on any atom is 0.261 e. The molecule has 0 saturated heterocycles. The van der Waals surface area contributed by atoms with E-state index in [1.54, 1.807) is 47.2 Å². The highest BCUT2D eigenvalue weighted by Crippen LogP contribution is 2.30. The third kappa shape index (κ3) is 2.98. The van der Waals surface area contributed by atoms with Crippen LogP contribution in [0.1, 0.15) is 36.5 Å². The molecule has 0 spiro atoms. The summed E-state index contributed by atoms with van der Waals surface area (Å²) >= 11 is 0. The van der Waals surface area contributed by atoms with Gasteiger partial charge < -0.3 is 5.32 Å². The standard InChI is InChI=1S/C20H20N4O2/c1-20(2)8-10-24-17(12-20)22-15-11-13(6-7-14(15)19(24)26)18(25)23-16-5-3-4-9-21-16/h3-7,9,11H,8,10,12H2,1-2H3,(H,21,23,25). The van der Waals surface area contributed by atoms with Gasteiger partial charge in [0, 0.05) is 24.7 Å². The molecule has 3 heterocycles. The molecule has 1 aliphatic heterocycles. The minimum atomic E-state index is -0.273. The van der Waals surface area contributed by atoms with Crippen LogP contribution < -0.4 is 10.9 Å². The zero-order chi connectivity index (χ0) is 18.3. The van der Waals surface area contributed by atoms with Gasteiger partial charge in [0.15, 0.2) is 0 Å². The lowest BCUT2D eigenvalue weighted by Crippen LogP contribution is -2.35. The molecule has 1 amide bonds. The normalized spacial score (nSPS) is 15.5. The van der Waals surface area contributed by atoms with Gasteiger partial charge in [-0.05, 0) is 42.2 Å². The molecule has 0 unspecified atom stereocenters. The van der Waals surface area contributed by atoms with Gasteiger partial charge in [0.1, 0.15) is 11.6 Å². The Morgan fingerprint density at radius 2 is 2.08 bits per heavy atom. The van der Waals surface area contributed by atoms with E-state index in [1.807, 2.05) is 0 Å². The van der Waals surface area contributed by atoms with E-state index in [2.05, 4.69) is 29.1 Å². The van der Waals surface area contributed by atoms with Crippen LogP contribution in [0.5, 0.6) is 0 Å². The second-order valence-corrected chi connectivity index (χ2v) is 7.48. The number of fused-ring (bicyclic) bond motifs is 2. The quantitative estimate of drug-likeness (QED) is 0.772. The van der Waals surface area contributed by atoms with Crippen molar-refractivity contribution in [3.8, 4) is 0 Å². The minimum absolute atomic E-state index is 0.0304. The largest absolute Gasteiger partial charge is 0.307 e. The molecule has 4 rings (SSSR count). The fourth-order valence-electron chi connectivity index (χ4n) is 3.33. The Labute approximate surface area is 150 Å². The maximum atomic E-state index is 12.8. The molecular formula is C20H20N4O2. The molecule has 26 heavy (non-hydrogen) atoms. The Balaban J connectivity index is 1.73. The molecular weight excluding hydrogens is 328 g/mol. The van der Waals surface area contributed by atoms with Crippen molar-refractivity contribution in [3.63, 3.8) is 0 Å². The van der Waals surface area contributed by atoms with Crippen LogP contribution in [0.15, 0.2) is 47.4 Å². The van der Waals surface area contributed by atoms with Gasteiger partial charge in [0.05, 0.1) is 10.9 Å². The average molecular weight is 348 g/mol. The van der Waals surface area contributed by atoms with E-state index in [0.717, 1.165) is 18.7 Å². The van der Waals surface area contributed by atoms with Crippen molar-refractivity contribution in [2.24, 2.45) is 5.41 Å². The lowest BCUT2D eigenvalue weighted by atomic mass is 9.83. The van der Waals surface area contributed by atoms with Gasteiger partial charge in [0.25, 0.3) is 11.5 Å². The van der Waals surface area contributed by atoms with E-state index < -0.39 is 0 Å². The molecule has 1 aliphatic rings. The number of nitrogens with one attached hydrogen (secondary N) is 1. The molecule has 1 N–H and O–H groups in total. The number of hydrogen-bond acceptors (Lipinski definition) is 4. The monoisotopic (exact) mass is 348 g/mol. The SMILES string of the molecule is CC1(C)CCn2c(nc3cc(C(=O)Nc4ccccn4)ccc3c2=O)C1. The van der Waals surface area contributed by atoms with Gasteiger partial charge in [-0.2, -0.15) is 0 Å². The predicted molar refractivity (Wildman–Crippen MR) is 100 cm³/mol. The molecule has 0 bridgehead atoms. The Hall–Kier alpha value is -3.02. The zero-order valence-corrected chi connectivity index (χ0v) is 14.8. The van der Waals surface area contributed by atoms with Crippen LogP contribution >= 0.6 is 0 Å². The summed E-state index contributed by atoms with van der Waals surface area (Å²) in [6.07, 6.45) is 3.33. The van der Waals surface area contributed by atoms with Crippen LogP contribution in [-0.2, 0) is 13.0 Å². The van der Waals surface area contributed by atoms with Gasteiger partial charge in [-0.15, -0.1) is 0 Å². The molecule has 6 nitrogen and oxygen atoms in total. The highest BCUT2D eigenvalue weighted by Gasteiger charge is 2.27. The highest BCUT2D eigenvalue weighted by molar-refractivity contribution is 6.05. The lowest BCUT2D eigenvalue weighted by molar-refractivity contribution is 0.102. The molecule has 6 heteroatoms. The van der Waals surface area contributed by atoms with Crippen LogP contribution in [-0.4, -0.2) is 20.4 Å². The Kier molecular flexibility index (Phi) is 3.83. The van der Waals surface area contributed by atoms with Gasteiger partial charge in [-0.1, -0.05) is 19.9 Å². The second-order valence-electron chi connectivity index (χ2n) is 7.48. The number of aromatic nitrogens is 3. The molecule has 0 aliphatic carbocycles. The minimum Gasteiger partial charge on any atom is -0.307 e. The van der Waals surface area contributed by atoms with Gasteiger partial charge in [-0.25, -0.2) is 9.97 Å². The first kappa shape index (κ1) is 16.4. The van der Waals surface area contributed by atoms with E-state index in [9.17, 15) is 9.59 Å². The van der Waals surface area contributed by atoms with Crippen LogP contribution in [0, 0.1) is 5.41 Å². The predicted octanol–water partition coefficient (Wildman–Crippen LogP) is 3.02. The first-order chi connectivity index (χ1) is 12.4. The second kappa shape index (κ2) is 6.05. The summed E-state index contributed by atoms with van der Waals surface area (Å²) in [6, 6.07) is 10.3. The molecule has 0 saturated carbocycles. The van der Waals surface area contributed by atoms with Gasteiger partial charge in [-0.3, -0.25) is 14.2 Å². The lowest BCUT2D eigenvalue weighted by Gasteiger charge is -2.31. The number of amides is 1. The van der Waals surface area contributed by atoms with E-state index >= 15 is 0 Å². The van der Waals surface area contributed by atoms with Crippen LogP contribution in [0.3, 0.4) is 0 Å². The Morgan fingerprint density at radius 1 is 1.23 bits per heavy atom. The molecule has 0 radical (unpaired) electrons. The summed E-state index contributed by atoms with van der Waals surface area (Å²) in [6.45, 7) is 5.05. The number of rotatable bonds is 2. The molecule has 0 atom stereocenters. The molecule has 3 aromatic rings. The van der Waals surface area contributed by atoms with Crippen molar-refractivity contribution in [2.45, 2.75) is 33.2 Å². The molecule has 132 valence electrons. The average Bonchev–Trinajstić information content (AvgIpc) is 2.61.